The fourth-order valence-corrected chi connectivity index (χ4v) is 4.18. The standard InChI is InChI=1S/C18H24N2S/c1-13-12-19-18(21-13)14(2)20-17-11-7-6-10-16(17)15-8-4-3-5-9-15/h3-5,8-9,12,14,16-17,20H,6-7,10-11H2,1-2H3. The summed E-state index contributed by atoms with van der Waals surface area (Å²) < 4.78 is 0. The molecule has 2 nitrogen and oxygen atoms in total. The van der Waals surface area contributed by atoms with Crippen LogP contribution in [0.3, 0.4) is 0 Å². The summed E-state index contributed by atoms with van der Waals surface area (Å²) in [5, 5.41) is 5.06. The van der Waals surface area contributed by atoms with Crippen LogP contribution in [0.1, 0.15) is 60.0 Å². The Morgan fingerprint density at radius 3 is 2.67 bits per heavy atom. The molecule has 0 radical (unpaired) electrons. The van der Waals surface area contributed by atoms with E-state index in [0.29, 0.717) is 18.0 Å². The molecule has 1 aromatic carbocycles. The number of nitrogens with zero attached hydrogens (tertiary/aromatic N) is 1. The summed E-state index contributed by atoms with van der Waals surface area (Å²) in [6, 6.07) is 11.9. The van der Waals surface area contributed by atoms with Gasteiger partial charge in [0.15, 0.2) is 0 Å². The average Bonchev–Trinajstić information content (AvgIpc) is 2.95. The fraction of sp³-hybridized carbons (Fsp3) is 0.500. The molecule has 3 unspecified atom stereocenters. The summed E-state index contributed by atoms with van der Waals surface area (Å²) in [6.07, 6.45) is 7.24. The van der Waals surface area contributed by atoms with Crippen molar-refractivity contribution in [2.45, 2.75) is 57.5 Å². The van der Waals surface area contributed by atoms with Gasteiger partial charge in [0.2, 0.25) is 0 Å². The molecule has 112 valence electrons. The molecule has 21 heavy (non-hydrogen) atoms. The Bertz CT molecular complexity index is 564. The summed E-state index contributed by atoms with van der Waals surface area (Å²) in [7, 11) is 0. The molecule has 0 bridgehead atoms. The van der Waals surface area contributed by atoms with Crippen molar-refractivity contribution in [3.63, 3.8) is 0 Å². The SMILES string of the molecule is Cc1cnc(C(C)NC2CCCCC2c2ccccc2)s1. The predicted molar refractivity (Wildman–Crippen MR) is 89.8 cm³/mol. The first-order chi connectivity index (χ1) is 10.2. The number of rotatable bonds is 4. The number of hydrogen-bond donors (Lipinski definition) is 1. The van der Waals surface area contributed by atoms with Crippen LogP contribution in [0.25, 0.3) is 0 Å². The van der Waals surface area contributed by atoms with E-state index in [0.717, 1.165) is 0 Å². The van der Waals surface area contributed by atoms with E-state index in [1.807, 2.05) is 17.5 Å². The van der Waals surface area contributed by atoms with Gasteiger partial charge in [-0.1, -0.05) is 43.2 Å². The molecule has 3 atom stereocenters. The Balaban J connectivity index is 1.72. The van der Waals surface area contributed by atoms with Crippen molar-refractivity contribution in [2.24, 2.45) is 0 Å². The summed E-state index contributed by atoms with van der Waals surface area (Å²) in [4.78, 5) is 5.83. The van der Waals surface area contributed by atoms with E-state index in [2.05, 4.69) is 54.5 Å². The molecule has 0 amide bonds. The van der Waals surface area contributed by atoms with Crippen molar-refractivity contribution in [1.29, 1.82) is 0 Å². The Hall–Kier alpha value is -1.19. The molecule has 1 heterocycles. The van der Waals surface area contributed by atoms with Gasteiger partial charge in [0.1, 0.15) is 5.01 Å². The van der Waals surface area contributed by atoms with Crippen LogP contribution in [0, 0.1) is 6.92 Å². The average molecular weight is 300 g/mol. The summed E-state index contributed by atoms with van der Waals surface area (Å²) in [5.41, 5.74) is 1.48. The van der Waals surface area contributed by atoms with Crippen LogP contribution < -0.4 is 5.32 Å². The van der Waals surface area contributed by atoms with Crippen LogP contribution in [-0.2, 0) is 0 Å². The fourth-order valence-electron chi connectivity index (χ4n) is 3.39. The Labute approximate surface area is 131 Å². The number of hydrogen-bond acceptors (Lipinski definition) is 3. The third-order valence-corrected chi connectivity index (χ3v) is 5.56. The highest BCUT2D eigenvalue weighted by atomic mass is 32.1. The van der Waals surface area contributed by atoms with Crippen LogP contribution in [-0.4, -0.2) is 11.0 Å². The third kappa shape index (κ3) is 3.53. The lowest BCUT2D eigenvalue weighted by Crippen LogP contribution is -2.38. The second kappa shape index (κ2) is 6.71. The summed E-state index contributed by atoms with van der Waals surface area (Å²) in [5.74, 6) is 0.642. The van der Waals surface area contributed by atoms with Crippen LogP contribution in [0.5, 0.6) is 0 Å². The molecule has 1 N–H and O–H groups in total. The van der Waals surface area contributed by atoms with E-state index in [9.17, 15) is 0 Å². The maximum Gasteiger partial charge on any atom is 0.109 e. The lowest BCUT2D eigenvalue weighted by Gasteiger charge is -2.34. The van der Waals surface area contributed by atoms with Crippen LogP contribution in [0.2, 0.25) is 0 Å². The lowest BCUT2D eigenvalue weighted by molar-refractivity contribution is 0.306. The maximum atomic E-state index is 4.53. The molecule has 1 saturated carbocycles. The zero-order valence-electron chi connectivity index (χ0n) is 12.9. The van der Waals surface area contributed by atoms with Crippen molar-refractivity contribution in [2.75, 3.05) is 0 Å². The molecule has 1 aliphatic rings. The van der Waals surface area contributed by atoms with Gasteiger partial charge >= 0.3 is 0 Å². The van der Waals surface area contributed by atoms with Gasteiger partial charge in [-0.05, 0) is 38.2 Å². The summed E-state index contributed by atoms with van der Waals surface area (Å²) >= 11 is 1.81. The highest BCUT2D eigenvalue weighted by molar-refractivity contribution is 7.11. The molecule has 0 aliphatic heterocycles. The number of nitrogens with one attached hydrogen (secondary N) is 1. The first-order valence-electron chi connectivity index (χ1n) is 7.97. The molecular weight excluding hydrogens is 276 g/mol. The predicted octanol–water partition coefficient (Wildman–Crippen LogP) is 4.83. The molecule has 1 aliphatic carbocycles. The first-order valence-corrected chi connectivity index (χ1v) is 8.79. The minimum atomic E-state index is 0.345. The number of benzene rings is 1. The second-order valence-corrected chi connectivity index (χ2v) is 7.37. The van der Waals surface area contributed by atoms with E-state index >= 15 is 0 Å². The lowest BCUT2D eigenvalue weighted by atomic mass is 9.80. The normalized spacial score (nSPS) is 23.9. The zero-order valence-corrected chi connectivity index (χ0v) is 13.7. The van der Waals surface area contributed by atoms with E-state index in [1.54, 1.807) is 0 Å². The quantitative estimate of drug-likeness (QED) is 0.875. The second-order valence-electron chi connectivity index (χ2n) is 6.11. The number of thiazole rings is 1. The molecule has 2 aromatic rings. The van der Waals surface area contributed by atoms with E-state index in [-0.39, 0.29) is 0 Å². The van der Waals surface area contributed by atoms with Gasteiger partial charge in [-0.15, -0.1) is 11.3 Å². The van der Waals surface area contributed by atoms with Gasteiger partial charge in [0, 0.05) is 17.1 Å². The number of aromatic nitrogens is 1. The van der Waals surface area contributed by atoms with E-state index < -0.39 is 0 Å². The Morgan fingerprint density at radius 1 is 1.19 bits per heavy atom. The molecule has 1 fully saturated rings. The molecule has 1 aromatic heterocycles. The van der Waals surface area contributed by atoms with Crippen molar-refractivity contribution >= 4 is 11.3 Å². The van der Waals surface area contributed by atoms with Crippen LogP contribution in [0.4, 0.5) is 0 Å². The van der Waals surface area contributed by atoms with Crippen molar-refractivity contribution in [3.8, 4) is 0 Å². The molecule has 0 saturated heterocycles. The minimum absolute atomic E-state index is 0.345. The molecular formula is C18H24N2S. The third-order valence-electron chi connectivity index (χ3n) is 4.47. The summed E-state index contributed by atoms with van der Waals surface area (Å²) in [6.45, 7) is 4.37. The maximum absolute atomic E-state index is 4.53. The largest absolute Gasteiger partial charge is 0.305 e. The van der Waals surface area contributed by atoms with Crippen molar-refractivity contribution in [3.05, 3.63) is 52.0 Å². The van der Waals surface area contributed by atoms with Gasteiger partial charge in [-0.25, -0.2) is 4.98 Å². The molecule has 3 heteroatoms. The van der Waals surface area contributed by atoms with Gasteiger partial charge < -0.3 is 5.32 Å². The zero-order chi connectivity index (χ0) is 14.7. The van der Waals surface area contributed by atoms with Gasteiger partial charge in [-0.2, -0.15) is 0 Å². The Kier molecular flexibility index (Phi) is 4.71. The smallest absolute Gasteiger partial charge is 0.109 e. The topological polar surface area (TPSA) is 24.9 Å². The van der Waals surface area contributed by atoms with Crippen LogP contribution in [0.15, 0.2) is 36.5 Å². The van der Waals surface area contributed by atoms with Crippen molar-refractivity contribution in [1.82, 2.24) is 10.3 Å². The van der Waals surface area contributed by atoms with Crippen molar-refractivity contribution < 1.29 is 0 Å². The van der Waals surface area contributed by atoms with Gasteiger partial charge in [0.25, 0.3) is 0 Å². The number of aryl methyl sites for hydroxylation is 1. The first kappa shape index (κ1) is 14.7. The van der Waals surface area contributed by atoms with E-state index in [4.69, 9.17) is 0 Å². The minimum Gasteiger partial charge on any atom is -0.305 e. The van der Waals surface area contributed by atoms with Gasteiger partial charge in [0.05, 0.1) is 6.04 Å². The van der Waals surface area contributed by atoms with E-state index in [1.165, 1.54) is 41.1 Å². The highest BCUT2D eigenvalue weighted by Crippen LogP contribution is 2.34. The van der Waals surface area contributed by atoms with Crippen LogP contribution >= 0.6 is 11.3 Å². The molecule has 0 spiro atoms. The molecule has 3 rings (SSSR count). The Morgan fingerprint density at radius 2 is 1.95 bits per heavy atom. The highest BCUT2D eigenvalue weighted by Gasteiger charge is 2.28. The monoisotopic (exact) mass is 300 g/mol. The van der Waals surface area contributed by atoms with Gasteiger partial charge in [-0.3, -0.25) is 0 Å².